The maximum atomic E-state index is 13.6. The topological polar surface area (TPSA) is 75.3 Å². The molecule has 0 atom stereocenters. The van der Waals surface area contributed by atoms with Crippen LogP contribution in [0.4, 0.5) is 8.78 Å². The second-order valence-electron chi connectivity index (χ2n) is 6.32. The van der Waals surface area contributed by atoms with Gasteiger partial charge in [0.1, 0.15) is 17.2 Å². The highest BCUT2D eigenvalue weighted by molar-refractivity contribution is 5.99. The molecule has 0 radical (unpaired) electrons. The van der Waals surface area contributed by atoms with E-state index in [9.17, 15) is 23.2 Å². The van der Waals surface area contributed by atoms with E-state index in [1.165, 1.54) is 7.05 Å². The van der Waals surface area contributed by atoms with Crippen molar-refractivity contribution in [1.82, 2.24) is 10.6 Å². The van der Waals surface area contributed by atoms with E-state index in [4.69, 9.17) is 0 Å². The van der Waals surface area contributed by atoms with Crippen molar-refractivity contribution in [1.29, 1.82) is 0 Å². The SMILES string of the molecule is CNC(=O)C1(NC(=O)CCC(=O)c2ccc(F)cc2F)CCCCC1. The van der Waals surface area contributed by atoms with Crippen molar-refractivity contribution >= 4 is 17.6 Å². The fourth-order valence-corrected chi connectivity index (χ4v) is 3.21. The first-order chi connectivity index (χ1) is 11.9. The average molecular weight is 352 g/mol. The number of rotatable bonds is 6. The zero-order chi connectivity index (χ0) is 18.4. The molecule has 0 spiro atoms. The molecule has 0 saturated heterocycles. The number of hydrogen-bond acceptors (Lipinski definition) is 3. The first-order valence-corrected chi connectivity index (χ1v) is 8.39. The molecule has 0 unspecified atom stereocenters. The van der Waals surface area contributed by atoms with Gasteiger partial charge in [0.15, 0.2) is 5.78 Å². The summed E-state index contributed by atoms with van der Waals surface area (Å²) in [6.07, 6.45) is 3.43. The fraction of sp³-hybridized carbons (Fsp3) is 0.500. The Kier molecular flexibility index (Phi) is 6.22. The van der Waals surface area contributed by atoms with Gasteiger partial charge in [-0.25, -0.2) is 8.78 Å². The van der Waals surface area contributed by atoms with Crippen molar-refractivity contribution in [2.24, 2.45) is 0 Å². The van der Waals surface area contributed by atoms with Gasteiger partial charge in [0.05, 0.1) is 5.56 Å². The molecule has 1 fully saturated rings. The highest BCUT2D eigenvalue weighted by Gasteiger charge is 2.40. The molecule has 0 heterocycles. The highest BCUT2D eigenvalue weighted by atomic mass is 19.1. The predicted molar refractivity (Wildman–Crippen MR) is 87.9 cm³/mol. The Morgan fingerprint density at radius 3 is 2.36 bits per heavy atom. The van der Waals surface area contributed by atoms with Crippen LogP contribution in [0.5, 0.6) is 0 Å². The zero-order valence-corrected chi connectivity index (χ0v) is 14.2. The third-order valence-corrected chi connectivity index (χ3v) is 4.56. The van der Waals surface area contributed by atoms with Gasteiger partial charge in [-0.05, 0) is 25.0 Å². The van der Waals surface area contributed by atoms with Crippen molar-refractivity contribution in [2.45, 2.75) is 50.5 Å². The summed E-state index contributed by atoms with van der Waals surface area (Å²) < 4.78 is 26.5. The molecule has 1 aromatic rings. The van der Waals surface area contributed by atoms with Crippen molar-refractivity contribution in [3.05, 3.63) is 35.4 Å². The number of ketones is 1. The van der Waals surface area contributed by atoms with Crippen LogP contribution in [0.1, 0.15) is 55.3 Å². The van der Waals surface area contributed by atoms with Crippen LogP contribution in [0.3, 0.4) is 0 Å². The molecule has 0 aromatic heterocycles. The third-order valence-electron chi connectivity index (χ3n) is 4.56. The standard InChI is InChI=1S/C18H22F2N2O3/c1-21-17(25)18(9-3-2-4-10-18)22-16(24)8-7-15(23)13-6-5-12(19)11-14(13)20/h5-6,11H,2-4,7-10H2,1H3,(H,21,25)(H,22,24). The van der Waals surface area contributed by atoms with Gasteiger partial charge >= 0.3 is 0 Å². The molecule has 25 heavy (non-hydrogen) atoms. The minimum absolute atomic E-state index is 0.158. The van der Waals surface area contributed by atoms with E-state index in [0.717, 1.165) is 31.4 Å². The van der Waals surface area contributed by atoms with Crippen LogP contribution in [-0.2, 0) is 9.59 Å². The van der Waals surface area contributed by atoms with Crippen LogP contribution in [0.15, 0.2) is 18.2 Å². The summed E-state index contributed by atoms with van der Waals surface area (Å²) in [4.78, 5) is 36.4. The Bertz CT molecular complexity index is 670. The maximum absolute atomic E-state index is 13.6. The number of hydrogen-bond donors (Lipinski definition) is 2. The molecule has 2 rings (SSSR count). The van der Waals surface area contributed by atoms with Crippen LogP contribution < -0.4 is 10.6 Å². The largest absolute Gasteiger partial charge is 0.357 e. The maximum Gasteiger partial charge on any atom is 0.245 e. The van der Waals surface area contributed by atoms with Crippen molar-refractivity contribution < 1.29 is 23.2 Å². The summed E-state index contributed by atoms with van der Waals surface area (Å²) in [7, 11) is 1.52. The smallest absolute Gasteiger partial charge is 0.245 e. The number of benzene rings is 1. The van der Waals surface area contributed by atoms with E-state index in [0.29, 0.717) is 18.9 Å². The van der Waals surface area contributed by atoms with Crippen LogP contribution >= 0.6 is 0 Å². The monoisotopic (exact) mass is 352 g/mol. The Balaban J connectivity index is 1.96. The lowest BCUT2D eigenvalue weighted by Gasteiger charge is -2.36. The second kappa shape index (κ2) is 8.18. The lowest BCUT2D eigenvalue weighted by Crippen LogP contribution is -2.59. The second-order valence-corrected chi connectivity index (χ2v) is 6.32. The van der Waals surface area contributed by atoms with Crippen LogP contribution in [0.25, 0.3) is 0 Å². The van der Waals surface area contributed by atoms with E-state index in [1.807, 2.05) is 0 Å². The quantitative estimate of drug-likeness (QED) is 0.773. The van der Waals surface area contributed by atoms with Gasteiger partial charge in [-0.3, -0.25) is 14.4 Å². The van der Waals surface area contributed by atoms with Gasteiger partial charge in [-0.2, -0.15) is 0 Å². The lowest BCUT2D eigenvalue weighted by atomic mass is 9.80. The lowest BCUT2D eigenvalue weighted by molar-refractivity contribution is -0.134. The molecule has 2 N–H and O–H groups in total. The first-order valence-electron chi connectivity index (χ1n) is 8.39. The van der Waals surface area contributed by atoms with E-state index in [1.54, 1.807) is 0 Å². The van der Waals surface area contributed by atoms with E-state index < -0.39 is 28.9 Å². The van der Waals surface area contributed by atoms with Gasteiger partial charge in [-0.1, -0.05) is 19.3 Å². The predicted octanol–water partition coefficient (Wildman–Crippen LogP) is 2.49. The molecule has 2 amide bonds. The molecule has 1 saturated carbocycles. The Labute approximate surface area is 145 Å². The van der Waals surface area contributed by atoms with Gasteiger partial charge < -0.3 is 10.6 Å². The molecule has 5 nitrogen and oxygen atoms in total. The number of amides is 2. The summed E-state index contributed by atoms with van der Waals surface area (Å²) in [6, 6.07) is 2.70. The number of halogens is 2. The zero-order valence-electron chi connectivity index (χ0n) is 14.2. The molecular weight excluding hydrogens is 330 g/mol. The van der Waals surface area contributed by atoms with Crippen LogP contribution in [-0.4, -0.2) is 30.2 Å². The number of Topliss-reactive ketones (excluding diaryl/α,β-unsaturated/α-hetero) is 1. The van der Waals surface area contributed by atoms with E-state index in [-0.39, 0.29) is 24.3 Å². The number of nitrogens with one attached hydrogen (secondary N) is 2. The summed E-state index contributed by atoms with van der Waals surface area (Å²) in [5.74, 6) is -2.96. The molecule has 1 aliphatic carbocycles. The summed E-state index contributed by atoms with van der Waals surface area (Å²) in [5, 5.41) is 5.34. The minimum atomic E-state index is -0.945. The highest BCUT2D eigenvalue weighted by Crippen LogP contribution is 2.28. The van der Waals surface area contributed by atoms with Gasteiger partial charge in [0.25, 0.3) is 0 Å². The fourth-order valence-electron chi connectivity index (χ4n) is 3.21. The summed E-state index contributed by atoms with van der Waals surface area (Å²) >= 11 is 0. The summed E-state index contributed by atoms with van der Waals surface area (Å²) in [5.41, 5.74) is -1.18. The Morgan fingerprint density at radius 1 is 1.08 bits per heavy atom. The number of carbonyl (C=O) groups excluding carboxylic acids is 3. The molecule has 0 bridgehead atoms. The molecule has 136 valence electrons. The average Bonchev–Trinajstić information content (AvgIpc) is 2.59. The number of likely N-dealkylation sites (N-methyl/N-ethyl adjacent to an activating group) is 1. The van der Waals surface area contributed by atoms with Crippen molar-refractivity contribution in [3.63, 3.8) is 0 Å². The van der Waals surface area contributed by atoms with Crippen LogP contribution in [0.2, 0.25) is 0 Å². The molecular formula is C18H22F2N2O3. The van der Waals surface area contributed by atoms with Gasteiger partial charge in [-0.15, -0.1) is 0 Å². The van der Waals surface area contributed by atoms with E-state index in [2.05, 4.69) is 10.6 Å². The summed E-state index contributed by atoms with van der Waals surface area (Å²) in [6.45, 7) is 0. The van der Waals surface area contributed by atoms with Gasteiger partial charge in [0, 0.05) is 26.0 Å². The third kappa shape index (κ3) is 4.61. The number of carbonyl (C=O) groups is 3. The van der Waals surface area contributed by atoms with Gasteiger partial charge in [0.2, 0.25) is 11.8 Å². The van der Waals surface area contributed by atoms with Crippen molar-refractivity contribution in [3.8, 4) is 0 Å². The molecule has 1 aromatic carbocycles. The molecule has 0 aliphatic heterocycles. The van der Waals surface area contributed by atoms with Crippen molar-refractivity contribution in [2.75, 3.05) is 7.05 Å². The van der Waals surface area contributed by atoms with E-state index >= 15 is 0 Å². The van der Waals surface area contributed by atoms with Crippen LogP contribution in [0, 0.1) is 11.6 Å². The molecule has 1 aliphatic rings. The minimum Gasteiger partial charge on any atom is -0.357 e. The Hall–Kier alpha value is -2.31. The Morgan fingerprint density at radius 2 is 1.76 bits per heavy atom. The normalized spacial score (nSPS) is 16.1. The first kappa shape index (κ1) is 19.0. The molecule has 7 heteroatoms.